The van der Waals surface area contributed by atoms with Crippen molar-refractivity contribution in [2.45, 2.75) is 13.0 Å². The summed E-state index contributed by atoms with van der Waals surface area (Å²) in [6.07, 6.45) is -0.558. The van der Waals surface area contributed by atoms with Crippen molar-refractivity contribution in [1.82, 2.24) is 0 Å². The van der Waals surface area contributed by atoms with Gasteiger partial charge in [0.15, 0.2) is 11.5 Å². The minimum Gasteiger partial charge on any atom is -0.493 e. The Morgan fingerprint density at radius 1 is 1.19 bits per heavy atom. The molecule has 21 heavy (non-hydrogen) atoms. The van der Waals surface area contributed by atoms with Crippen LogP contribution in [0.2, 0.25) is 0 Å². The van der Waals surface area contributed by atoms with Gasteiger partial charge >= 0.3 is 0 Å². The number of halogens is 1. The van der Waals surface area contributed by atoms with Gasteiger partial charge in [0.2, 0.25) is 0 Å². The fourth-order valence-electron chi connectivity index (χ4n) is 1.86. The first-order chi connectivity index (χ1) is 10.0. The molecule has 0 heterocycles. The van der Waals surface area contributed by atoms with Crippen LogP contribution in [0.5, 0.6) is 17.2 Å². The number of nitrogens with zero attached hydrogens (tertiary/aromatic N) is 1. The Morgan fingerprint density at radius 2 is 1.95 bits per heavy atom. The largest absolute Gasteiger partial charge is 0.493 e. The number of methoxy groups -OCH3 is 1. The minimum absolute atomic E-state index is 0.491. The number of aliphatic hydroxyl groups excluding tert-OH is 1. The first-order valence-corrected chi connectivity index (χ1v) is 7.08. The summed E-state index contributed by atoms with van der Waals surface area (Å²) in [6.45, 7) is 1.70. The van der Waals surface area contributed by atoms with Gasteiger partial charge in [-0.1, -0.05) is 22.0 Å². The van der Waals surface area contributed by atoms with Crippen LogP contribution in [0.15, 0.2) is 40.9 Å². The second-order valence-corrected chi connectivity index (χ2v) is 5.29. The molecule has 2 aromatic rings. The Bertz CT molecular complexity index is 692. The number of ether oxygens (including phenoxy) is 2. The van der Waals surface area contributed by atoms with Crippen molar-refractivity contribution in [3.05, 3.63) is 52.0 Å². The van der Waals surface area contributed by atoms with Crippen LogP contribution in [-0.4, -0.2) is 12.2 Å². The molecular weight excluding hydrogens is 334 g/mol. The van der Waals surface area contributed by atoms with Gasteiger partial charge in [0.05, 0.1) is 24.8 Å². The zero-order valence-corrected chi connectivity index (χ0v) is 13.2. The van der Waals surface area contributed by atoms with E-state index in [0.29, 0.717) is 22.8 Å². The van der Waals surface area contributed by atoms with E-state index in [1.807, 2.05) is 0 Å². The van der Waals surface area contributed by atoms with Gasteiger partial charge in [-0.3, -0.25) is 0 Å². The smallest absolute Gasteiger partial charge is 0.169 e. The number of hydrogen-bond acceptors (Lipinski definition) is 4. The summed E-state index contributed by atoms with van der Waals surface area (Å²) in [6, 6.07) is 12.4. The standard InChI is InChI=1S/C16H14BrNO3/c1-10(19)13-5-4-12(8-14(13)17)21-15-6-3-11(9-18)7-16(15)20-2/h3-8,10,19H,1-2H3. The summed E-state index contributed by atoms with van der Waals surface area (Å²) >= 11 is 3.41. The SMILES string of the molecule is COc1cc(C#N)ccc1Oc1ccc(C(C)O)c(Br)c1. The van der Waals surface area contributed by atoms with Crippen LogP contribution in [0.25, 0.3) is 0 Å². The average molecular weight is 348 g/mol. The molecule has 108 valence electrons. The van der Waals surface area contributed by atoms with Gasteiger partial charge in [-0.2, -0.15) is 5.26 Å². The van der Waals surface area contributed by atoms with Crippen molar-refractivity contribution in [2.75, 3.05) is 7.11 Å². The molecule has 0 aliphatic heterocycles. The second-order valence-electron chi connectivity index (χ2n) is 4.44. The van der Waals surface area contributed by atoms with Gasteiger partial charge in [-0.25, -0.2) is 0 Å². The van der Waals surface area contributed by atoms with E-state index in [9.17, 15) is 5.11 Å². The van der Waals surface area contributed by atoms with Crippen molar-refractivity contribution in [2.24, 2.45) is 0 Å². The summed E-state index contributed by atoms with van der Waals surface area (Å²) < 4.78 is 11.8. The van der Waals surface area contributed by atoms with E-state index in [1.165, 1.54) is 7.11 Å². The molecule has 0 bridgehead atoms. The van der Waals surface area contributed by atoms with Crippen molar-refractivity contribution >= 4 is 15.9 Å². The summed E-state index contributed by atoms with van der Waals surface area (Å²) in [5.41, 5.74) is 1.29. The third kappa shape index (κ3) is 3.54. The maximum Gasteiger partial charge on any atom is 0.169 e. The van der Waals surface area contributed by atoms with Gasteiger partial charge in [-0.05, 0) is 36.8 Å². The van der Waals surface area contributed by atoms with Gasteiger partial charge in [0.25, 0.3) is 0 Å². The van der Waals surface area contributed by atoms with E-state index in [4.69, 9.17) is 14.7 Å². The average Bonchev–Trinajstić information content (AvgIpc) is 2.47. The summed E-state index contributed by atoms with van der Waals surface area (Å²) in [5.74, 6) is 1.62. The highest BCUT2D eigenvalue weighted by molar-refractivity contribution is 9.10. The number of aliphatic hydroxyl groups is 1. The molecule has 1 unspecified atom stereocenters. The molecule has 0 aliphatic rings. The maximum absolute atomic E-state index is 9.60. The first-order valence-electron chi connectivity index (χ1n) is 6.28. The zero-order chi connectivity index (χ0) is 15.4. The van der Waals surface area contributed by atoms with Crippen LogP contribution in [-0.2, 0) is 0 Å². The Morgan fingerprint density at radius 3 is 2.52 bits per heavy atom. The third-order valence-corrected chi connectivity index (χ3v) is 3.63. The lowest BCUT2D eigenvalue weighted by Crippen LogP contribution is -1.94. The quantitative estimate of drug-likeness (QED) is 0.901. The van der Waals surface area contributed by atoms with E-state index in [-0.39, 0.29) is 0 Å². The van der Waals surface area contributed by atoms with Crippen LogP contribution in [0, 0.1) is 11.3 Å². The summed E-state index contributed by atoms with van der Waals surface area (Å²) in [7, 11) is 1.52. The molecule has 0 radical (unpaired) electrons. The molecule has 2 rings (SSSR count). The summed E-state index contributed by atoms with van der Waals surface area (Å²) in [5, 5.41) is 18.5. The molecule has 4 nitrogen and oxygen atoms in total. The fraction of sp³-hybridized carbons (Fsp3) is 0.188. The van der Waals surface area contributed by atoms with Crippen LogP contribution >= 0.6 is 15.9 Å². The summed E-state index contributed by atoms with van der Waals surface area (Å²) in [4.78, 5) is 0. The lowest BCUT2D eigenvalue weighted by molar-refractivity contribution is 0.198. The van der Waals surface area contributed by atoms with Crippen LogP contribution in [0.1, 0.15) is 24.2 Å². The Hall–Kier alpha value is -2.03. The van der Waals surface area contributed by atoms with E-state index in [1.54, 1.807) is 43.3 Å². The minimum atomic E-state index is -0.558. The molecule has 0 fully saturated rings. The highest BCUT2D eigenvalue weighted by Crippen LogP contribution is 2.34. The van der Waals surface area contributed by atoms with Gasteiger partial charge in [0, 0.05) is 10.5 Å². The Labute approximate surface area is 131 Å². The molecule has 0 aromatic heterocycles. The topological polar surface area (TPSA) is 62.5 Å². The molecule has 0 amide bonds. The van der Waals surface area contributed by atoms with Crippen molar-refractivity contribution < 1.29 is 14.6 Å². The highest BCUT2D eigenvalue weighted by atomic mass is 79.9. The lowest BCUT2D eigenvalue weighted by Gasteiger charge is -2.13. The van der Waals surface area contributed by atoms with E-state index < -0.39 is 6.10 Å². The second kappa shape index (κ2) is 6.61. The van der Waals surface area contributed by atoms with Crippen molar-refractivity contribution in [3.63, 3.8) is 0 Å². The molecule has 1 N–H and O–H groups in total. The molecule has 0 spiro atoms. The molecule has 0 saturated carbocycles. The number of hydrogen-bond donors (Lipinski definition) is 1. The van der Waals surface area contributed by atoms with Gasteiger partial charge in [0.1, 0.15) is 5.75 Å². The van der Waals surface area contributed by atoms with E-state index in [0.717, 1.165) is 10.0 Å². The molecular formula is C16H14BrNO3. The van der Waals surface area contributed by atoms with Crippen LogP contribution < -0.4 is 9.47 Å². The first kappa shape index (κ1) is 15.4. The lowest BCUT2D eigenvalue weighted by atomic mass is 10.1. The van der Waals surface area contributed by atoms with Crippen LogP contribution in [0.4, 0.5) is 0 Å². The predicted molar refractivity (Wildman–Crippen MR) is 82.6 cm³/mol. The fourth-order valence-corrected chi connectivity index (χ4v) is 2.55. The van der Waals surface area contributed by atoms with E-state index >= 15 is 0 Å². The highest BCUT2D eigenvalue weighted by Gasteiger charge is 2.10. The molecule has 2 aromatic carbocycles. The van der Waals surface area contributed by atoms with E-state index in [2.05, 4.69) is 22.0 Å². The van der Waals surface area contributed by atoms with Crippen LogP contribution in [0.3, 0.4) is 0 Å². The number of rotatable bonds is 4. The molecule has 5 heteroatoms. The molecule has 0 saturated heterocycles. The number of benzene rings is 2. The van der Waals surface area contributed by atoms with Gasteiger partial charge < -0.3 is 14.6 Å². The van der Waals surface area contributed by atoms with Gasteiger partial charge in [-0.15, -0.1) is 0 Å². The number of nitriles is 1. The zero-order valence-electron chi connectivity index (χ0n) is 11.6. The predicted octanol–water partition coefficient (Wildman–Crippen LogP) is 4.17. The molecule has 0 aliphatic carbocycles. The molecule has 1 atom stereocenters. The maximum atomic E-state index is 9.60. The monoisotopic (exact) mass is 347 g/mol. The van der Waals surface area contributed by atoms with Crippen molar-refractivity contribution in [1.29, 1.82) is 5.26 Å². The Balaban J connectivity index is 2.30. The Kier molecular flexibility index (Phi) is 4.84. The third-order valence-electron chi connectivity index (χ3n) is 2.94. The normalized spacial score (nSPS) is 11.6. The van der Waals surface area contributed by atoms with Crippen molar-refractivity contribution in [3.8, 4) is 23.3 Å².